The van der Waals surface area contributed by atoms with Gasteiger partial charge in [0.2, 0.25) is 0 Å². The second-order valence-electron chi connectivity index (χ2n) is 5.68. The predicted molar refractivity (Wildman–Crippen MR) is 69.8 cm³/mol. The molecule has 1 atom stereocenters. The first-order valence-corrected chi connectivity index (χ1v) is 6.13. The van der Waals surface area contributed by atoms with E-state index in [4.69, 9.17) is 5.73 Å². The Morgan fingerprint density at radius 2 is 2.12 bits per heavy atom. The van der Waals surface area contributed by atoms with Gasteiger partial charge in [0.15, 0.2) is 0 Å². The summed E-state index contributed by atoms with van der Waals surface area (Å²) in [5.41, 5.74) is 8.47. The van der Waals surface area contributed by atoms with Crippen LogP contribution in [0.3, 0.4) is 0 Å². The predicted octanol–water partition coefficient (Wildman–Crippen LogP) is 3.01. The molecular weight excluding hydrogens is 215 g/mol. The molecule has 2 rings (SSSR count). The standard InChI is InChI=1S/C14H21FN2/c1-9-7-14(2,3)17(4)13-6-12(15)10(8-16)5-11(9)13/h5-6,9H,7-8,16H2,1-4H3. The van der Waals surface area contributed by atoms with Crippen LogP contribution in [0.1, 0.15) is 44.2 Å². The van der Waals surface area contributed by atoms with Crippen LogP contribution < -0.4 is 10.6 Å². The third kappa shape index (κ3) is 1.93. The molecule has 1 aliphatic heterocycles. The van der Waals surface area contributed by atoms with Crippen molar-refractivity contribution in [3.63, 3.8) is 0 Å². The summed E-state index contributed by atoms with van der Waals surface area (Å²) >= 11 is 0. The molecule has 0 spiro atoms. The first-order valence-electron chi connectivity index (χ1n) is 6.13. The van der Waals surface area contributed by atoms with E-state index in [1.54, 1.807) is 6.07 Å². The Balaban J connectivity index is 2.57. The minimum atomic E-state index is -0.192. The Morgan fingerprint density at radius 3 is 2.71 bits per heavy atom. The van der Waals surface area contributed by atoms with Crippen molar-refractivity contribution in [3.05, 3.63) is 29.1 Å². The highest BCUT2D eigenvalue weighted by atomic mass is 19.1. The molecule has 0 aliphatic carbocycles. The molecule has 3 heteroatoms. The molecule has 1 heterocycles. The maximum Gasteiger partial charge on any atom is 0.129 e. The van der Waals surface area contributed by atoms with Crippen molar-refractivity contribution in [2.75, 3.05) is 11.9 Å². The van der Waals surface area contributed by atoms with Gasteiger partial charge in [-0.05, 0) is 43.9 Å². The van der Waals surface area contributed by atoms with Gasteiger partial charge >= 0.3 is 0 Å². The number of benzene rings is 1. The van der Waals surface area contributed by atoms with E-state index in [1.165, 1.54) is 5.56 Å². The molecule has 94 valence electrons. The topological polar surface area (TPSA) is 29.3 Å². The number of hydrogen-bond acceptors (Lipinski definition) is 2. The SMILES string of the molecule is CC1CC(C)(C)N(C)c2cc(F)c(CN)cc21. The lowest BCUT2D eigenvalue weighted by molar-refractivity contribution is 0.394. The highest BCUT2D eigenvalue weighted by molar-refractivity contribution is 5.60. The number of nitrogens with two attached hydrogens (primary N) is 1. The lowest BCUT2D eigenvalue weighted by atomic mass is 9.80. The molecule has 0 fully saturated rings. The monoisotopic (exact) mass is 236 g/mol. The zero-order chi connectivity index (χ0) is 12.8. The summed E-state index contributed by atoms with van der Waals surface area (Å²) in [6, 6.07) is 3.57. The smallest absolute Gasteiger partial charge is 0.129 e. The van der Waals surface area contributed by atoms with Gasteiger partial charge in [-0.15, -0.1) is 0 Å². The van der Waals surface area contributed by atoms with Gasteiger partial charge in [0.25, 0.3) is 0 Å². The minimum absolute atomic E-state index is 0.0725. The van der Waals surface area contributed by atoms with E-state index in [-0.39, 0.29) is 17.9 Å². The first kappa shape index (κ1) is 12.4. The van der Waals surface area contributed by atoms with E-state index >= 15 is 0 Å². The maximum atomic E-state index is 13.8. The molecular formula is C14H21FN2. The van der Waals surface area contributed by atoms with Crippen molar-refractivity contribution in [1.82, 2.24) is 0 Å². The summed E-state index contributed by atoms with van der Waals surface area (Å²) in [6.07, 6.45) is 1.08. The quantitative estimate of drug-likeness (QED) is 0.812. The first-order chi connectivity index (χ1) is 7.86. The van der Waals surface area contributed by atoms with Gasteiger partial charge < -0.3 is 10.6 Å². The summed E-state index contributed by atoms with van der Waals surface area (Å²) in [7, 11) is 2.03. The minimum Gasteiger partial charge on any atom is -0.369 e. The van der Waals surface area contributed by atoms with E-state index in [1.807, 2.05) is 13.1 Å². The molecule has 1 unspecified atom stereocenters. The van der Waals surface area contributed by atoms with Gasteiger partial charge in [0.1, 0.15) is 5.82 Å². The van der Waals surface area contributed by atoms with E-state index in [0.717, 1.165) is 12.1 Å². The van der Waals surface area contributed by atoms with Crippen molar-refractivity contribution in [3.8, 4) is 0 Å². The zero-order valence-electron chi connectivity index (χ0n) is 11.0. The largest absolute Gasteiger partial charge is 0.369 e. The average Bonchev–Trinajstić information content (AvgIpc) is 2.25. The van der Waals surface area contributed by atoms with Crippen LogP contribution in [0.15, 0.2) is 12.1 Å². The number of hydrogen-bond donors (Lipinski definition) is 1. The molecule has 0 amide bonds. The van der Waals surface area contributed by atoms with Crippen molar-refractivity contribution in [2.45, 2.75) is 45.2 Å². The molecule has 2 nitrogen and oxygen atoms in total. The number of anilines is 1. The van der Waals surface area contributed by atoms with Crippen LogP contribution in [-0.4, -0.2) is 12.6 Å². The zero-order valence-corrected chi connectivity index (χ0v) is 11.0. The van der Waals surface area contributed by atoms with Crippen molar-refractivity contribution < 1.29 is 4.39 Å². The van der Waals surface area contributed by atoms with E-state index in [0.29, 0.717) is 11.5 Å². The highest BCUT2D eigenvalue weighted by Crippen LogP contribution is 2.43. The molecule has 0 aromatic heterocycles. The summed E-state index contributed by atoms with van der Waals surface area (Å²) in [5.74, 6) is 0.255. The van der Waals surface area contributed by atoms with Crippen molar-refractivity contribution in [2.24, 2.45) is 5.73 Å². The van der Waals surface area contributed by atoms with Crippen LogP contribution in [0.5, 0.6) is 0 Å². The molecule has 17 heavy (non-hydrogen) atoms. The second kappa shape index (κ2) is 3.98. The van der Waals surface area contributed by atoms with Crippen LogP contribution in [0.4, 0.5) is 10.1 Å². The molecule has 0 radical (unpaired) electrons. The number of fused-ring (bicyclic) bond motifs is 1. The molecule has 0 saturated heterocycles. The van der Waals surface area contributed by atoms with Crippen LogP contribution in [-0.2, 0) is 6.54 Å². The van der Waals surface area contributed by atoms with Gasteiger partial charge in [-0.2, -0.15) is 0 Å². The molecule has 0 saturated carbocycles. The number of nitrogens with zero attached hydrogens (tertiary/aromatic N) is 1. The van der Waals surface area contributed by atoms with Gasteiger partial charge in [-0.25, -0.2) is 4.39 Å². The Kier molecular flexibility index (Phi) is 2.90. The lowest BCUT2D eigenvalue weighted by Crippen LogP contribution is -2.45. The Labute approximate surface area is 103 Å². The molecule has 1 aromatic rings. The van der Waals surface area contributed by atoms with Crippen LogP contribution in [0, 0.1) is 5.82 Å². The average molecular weight is 236 g/mol. The van der Waals surface area contributed by atoms with Crippen LogP contribution in [0.2, 0.25) is 0 Å². The second-order valence-corrected chi connectivity index (χ2v) is 5.68. The normalized spacial score (nSPS) is 22.5. The van der Waals surface area contributed by atoms with E-state index in [2.05, 4.69) is 25.7 Å². The summed E-state index contributed by atoms with van der Waals surface area (Å²) in [6.45, 7) is 6.85. The van der Waals surface area contributed by atoms with Gasteiger partial charge in [0, 0.05) is 30.4 Å². The lowest BCUT2D eigenvalue weighted by Gasteiger charge is -2.45. The fourth-order valence-corrected chi connectivity index (χ4v) is 2.79. The number of halogens is 1. The van der Waals surface area contributed by atoms with Crippen LogP contribution in [0.25, 0.3) is 0 Å². The third-order valence-corrected chi connectivity index (χ3v) is 4.02. The van der Waals surface area contributed by atoms with Crippen LogP contribution >= 0.6 is 0 Å². The van der Waals surface area contributed by atoms with Gasteiger partial charge in [0.05, 0.1) is 0 Å². The Hall–Kier alpha value is -1.09. The number of rotatable bonds is 1. The summed E-state index contributed by atoms with van der Waals surface area (Å²) in [5, 5.41) is 0. The highest BCUT2D eigenvalue weighted by Gasteiger charge is 2.34. The van der Waals surface area contributed by atoms with Gasteiger partial charge in [-0.1, -0.05) is 6.92 Å². The molecule has 2 N–H and O–H groups in total. The Morgan fingerprint density at radius 1 is 1.47 bits per heavy atom. The summed E-state index contributed by atoms with van der Waals surface area (Å²) in [4.78, 5) is 2.17. The van der Waals surface area contributed by atoms with Gasteiger partial charge in [-0.3, -0.25) is 0 Å². The maximum absolute atomic E-state index is 13.8. The molecule has 0 bridgehead atoms. The van der Waals surface area contributed by atoms with Crippen molar-refractivity contribution in [1.29, 1.82) is 0 Å². The van der Waals surface area contributed by atoms with E-state index < -0.39 is 0 Å². The molecule has 1 aliphatic rings. The molecule has 1 aromatic carbocycles. The van der Waals surface area contributed by atoms with E-state index in [9.17, 15) is 4.39 Å². The third-order valence-electron chi connectivity index (χ3n) is 4.02. The van der Waals surface area contributed by atoms with Crippen molar-refractivity contribution >= 4 is 5.69 Å². The fourth-order valence-electron chi connectivity index (χ4n) is 2.79. The Bertz CT molecular complexity index is 440. The summed E-state index contributed by atoms with van der Waals surface area (Å²) < 4.78 is 13.8. The fraction of sp³-hybridized carbons (Fsp3) is 0.571.